The number of rotatable bonds is 7. The lowest BCUT2D eigenvalue weighted by Crippen LogP contribution is -2.32. The molecule has 1 heterocycles. The fraction of sp³-hybridized carbons (Fsp3) is 0.250. The molecule has 0 radical (unpaired) electrons. The van der Waals surface area contributed by atoms with E-state index < -0.39 is 21.4 Å². The van der Waals surface area contributed by atoms with Gasteiger partial charge in [0.2, 0.25) is 15.8 Å². The van der Waals surface area contributed by atoms with E-state index in [1.54, 1.807) is 39.0 Å². The quantitative estimate of drug-likeness (QED) is 0.434. The van der Waals surface area contributed by atoms with Crippen LogP contribution in [-0.4, -0.2) is 31.3 Å². The Morgan fingerprint density at radius 3 is 2.16 bits per heavy atom. The molecule has 0 bridgehead atoms. The number of benzene rings is 2. The van der Waals surface area contributed by atoms with Crippen LogP contribution < -0.4 is 5.14 Å². The standard InChI is InChI=1S/C24H26N2O5S/c1-16-14-21(17(2)26(16)19-10-12-20(13-11-19)32(25,29)30)22(27)15-31-23(28)24(3,4)18-8-6-5-7-9-18/h5-14H,15H2,1-4H3,(H2,25,29,30). The molecule has 2 aromatic carbocycles. The number of carbonyl (C=O) groups excluding carboxylic acids is 2. The third kappa shape index (κ3) is 4.66. The van der Waals surface area contributed by atoms with Crippen molar-refractivity contribution in [1.29, 1.82) is 0 Å². The van der Waals surface area contributed by atoms with Crippen LogP contribution >= 0.6 is 0 Å². The fourth-order valence-electron chi connectivity index (χ4n) is 3.59. The zero-order valence-corrected chi connectivity index (χ0v) is 19.3. The molecule has 0 aliphatic carbocycles. The number of aromatic nitrogens is 1. The molecule has 3 rings (SSSR count). The summed E-state index contributed by atoms with van der Waals surface area (Å²) in [5, 5.41) is 5.15. The van der Waals surface area contributed by atoms with Crippen molar-refractivity contribution in [2.24, 2.45) is 5.14 Å². The van der Waals surface area contributed by atoms with Gasteiger partial charge in [-0.3, -0.25) is 9.59 Å². The Kier molecular flexibility index (Phi) is 6.39. The van der Waals surface area contributed by atoms with Crippen molar-refractivity contribution in [3.63, 3.8) is 0 Å². The first-order chi connectivity index (χ1) is 14.9. The first-order valence-corrected chi connectivity index (χ1v) is 11.6. The topological polar surface area (TPSA) is 108 Å². The molecule has 3 aromatic rings. The molecule has 8 heteroatoms. The Balaban J connectivity index is 1.78. The number of hydrogen-bond acceptors (Lipinski definition) is 5. The second-order valence-corrected chi connectivity index (χ2v) is 9.71. The summed E-state index contributed by atoms with van der Waals surface area (Å²) in [6, 6.07) is 17.0. The Hall–Kier alpha value is -3.23. The van der Waals surface area contributed by atoms with Gasteiger partial charge in [-0.1, -0.05) is 30.3 Å². The lowest BCUT2D eigenvalue weighted by molar-refractivity contribution is -0.148. The number of hydrogen-bond donors (Lipinski definition) is 1. The summed E-state index contributed by atoms with van der Waals surface area (Å²) in [7, 11) is -3.79. The summed E-state index contributed by atoms with van der Waals surface area (Å²) in [6.07, 6.45) is 0. The molecule has 7 nitrogen and oxygen atoms in total. The Bertz CT molecular complexity index is 1260. The van der Waals surface area contributed by atoms with Crippen molar-refractivity contribution in [1.82, 2.24) is 4.57 Å². The average molecular weight is 455 g/mol. The van der Waals surface area contributed by atoms with E-state index in [4.69, 9.17) is 9.88 Å². The molecule has 0 unspecified atom stereocenters. The largest absolute Gasteiger partial charge is 0.457 e. The first kappa shape index (κ1) is 23.4. The molecule has 0 saturated carbocycles. The smallest absolute Gasteiger partial charge is 0.316 e. The van der Waals surface area contributed by atoms with Gasteiger partial charge in [0, 0.05) is 22.6 Å². The van der Waals surface area contributed by atoms with Crippen molar-refractivity contribution >= 4 is 21.8 Å². The molecule has 0 aliphatic heterocycles. The van der Waals surface area contributed by atoms with Crippen LogP contribution in [0.2, 0.25) is 0 Å². The zero-order chi connectivity index (χ0) is 23.7. The number of Topliss-reactive ketones (excluding diaryl/α,β-unsaturated/α-hetero) is 1. The predicted molar refractivity (Wildman–Crippen MR) is 121 cm³/mol. The van der Waals surface area contributed by atoms with Crippen molar-refractivity contribution in [3.8, 4) is 5.69 Å². The van der Waals surface area contributed by atoms with E-state index in [1.807, 2.05) is 41.8 Å². The van der Waals surface area contributed by atoms with Crippen molar-refractivity contribution in [2.75, 3.05) is 6.61 Å². The number of ether oxygens (including phenoxy) is 1. The second kappa shape index (κ2) is 8.72. The molecule has 0 fully saturated rings. The van der Waals surface area contributed by atoms with Gasteiger partial charge in [0.1, 0.15) is 0 Å². The molecule has 0 saturated heterocycles. The molecule has 2 N–H and O–H groups in total. The van der Waals surface area contributed by atoms with Gasteiger partial charge >= 0.3 is 5.97 Å². The number of carbonyl (C=O) groups is 2. The SMILES string of the molecule is Cc1cc(C(=O)COC(=O)C(C)(C)c2ccccc2)c(C)n1-c1ccc(S(N)(=O)=O)cc1. The minimum atomic E-state index is -3.79. The molecule has 0 spiro atoms. The number of nitrogens with zero attached hydrogens (tertiary/aromatic N) is 1. The maximum absolute atomic E-state index is 12.8. The van der Waals surface area contributed by atoms with Gasteiger partial charge in [0.05, 0.1) is 10.3 Å². The van der Waals surface area contributed by atoms with Crippen LogP contribution in [0.3, 0.4) is 0 Å². The van der Waals surface area contributed by atoms with Crippen LogP contribution in [0.25, 0.3) is 5.69 Å². The van der Waals surface area contributed by atoms with E-state index in [1.165, 1.54) is 12.1 Å². The maximum Gasteiger partial charge on any atom is 0.316 e. The van der Waals surface area contributed by atoms with Crippen LogP contribution in [0.5, 0.6) is 0 Å². The van der Waals surface area contributed by atoms with Crippen molar-refractivity contribution < 1.29 is 22.7 Å². The van der Waals surface area contributed by atoms with Gasteiger partial charge in [-0.25, -0.2) is 13.6 Å². The fourth-order valence-corrected chi connectivity index (χ4v) is 4.10. The molecule has 0 aliphatic rings. The Labute approximate surface area is 187 Å². The Morgan fingerprint density at radius 2 is 1.59 bits per heavy atom. The number of sulfonamides is 1. The van der Waals surface area contributed by atoms with E-state index >= 15 is 0 Å². The summed E-state index contributed by atoms with van der Waals surface area (Å²) in [6.45, 7) is 6.76. The third-order valence-electron chi connectivity index (χ3n) is 5.50. The van der Waals surface area contributed by atoms with Gasteiger partial charge < -0.3 is 9.30 Å². The molecular formula is C24H26N2O5S. The van der Waals surface area contributed by atoms with Gasteiger partial charge in [-0.05, 0) is 63.6 Å². The number of primary sulfonamides is 1. The van der Waals surface area contributed by atoms with Crippen LogP contribution in [0.4, 0.5) is 0 Å². The first-order valence-electron chi connectivity index (χ1n) is 10.0. The van der Waals surface area contributed by atoms with Crippen LogP contribution in [0.15, 0.2) is 65.6 Å². The molecule has 32 heavy (non-hydrogen) atoms. The summed E-state index contributed by atoms with van der Waals surface area (Å²) >= 11 is 0. The molecule has 0 atom stereocenters. The van der Waals surface area contributed by atoms with Crippen LogP contribution in [0, 0.1) is 13.8 Å². The van der Waals surface area contributed by atoms with Gasteiger partial charge in [-0.2, -0.15) is 0 Å². The lowest BCUT2D eigenvalue weighted by atomic mass is 9.85. The van der Waals surface area contributed by atoms with Crippen LogP contribution in [-0.2, 0) is 25.0 Å². The number of aryl methyl sites for hydroxylation is 1. The van der Waals surface area contributed by atoms with Gasteiger partial charge in [-0.15, -0.1) is 0 Å². The Morgan fingerprint density at radius 1 is 1.00 bits per heavy atom. The maximum atomic E-state index is 12.8. The highest BCUT2D eigenvalue weighted by Gasteiger charge is 2.32. The average Bonchev–Trinajstić information content (AvgIpc) is 3.05. The summed E-state index contributed by atoms with van der Waals surface area (Å²) in [4.78, 5) is 25.5. The highest BCUT2D eigenvalue weighted by molar-refractivity contribution is 7.89. The van der Waals surface area contributed by atoms with E-state index in [-0.39, 0.29) is 17.3 Å². The van der Waals surface area contributed by atoms with Crippen molar-refractivity contribution in [3.05, 3.63) is 83.2 Å². The number of esters is 1. The van der Waals surface area contributed by atoms with Gasteiger partial charge in [0.15, 0.2) is 6.61 Å². The zero-order valence-electron chi connectivity index (χ0n) is 18.5. The highest BCUT2D eigenvalue weighted by Crippen LogP contribution is 2.26. The summed E-state index contributed by atoms with van der Waals surface area (Å²) < 4.78 is 30.2. The third-order valence-corrected chi connectivity index (χ3v) is 6.42. The van der Waals surface area contributed by atoms with E-state index in [9.17, 15) is 18.0 Å². The van der Waals surface area contributed by atoms with E-state index in [0.717, 1.165) is 11.3 Å². The summed E-state index contributed by atoms with van der Waals surface area (Å²) in [5.74, 6) is -0.799. The van der Waals surface area contributed by atoms with Crippen molar-refractivity contribution in [2.45, 2.75) is 38.0 Å². The summed E-state index contributed by atoms with van der Waals surface area (Å²) in [5.41, 5.74) is 2.48. The molecule has 0 amide bonds. The van der Waals surface area contributed by atoms with Gasteiger partial charge in [0.25, 0.3) is 0 Å². The second-order valence-electron chi connectivity index (χ2n) is 8.15. The minimum Gasteiger partial charge on any atom is -0.457 e. The predicted octanol–water partition coefficient (Wildman–Crippen LogP) is 3.45. The molecule has 168 valence electrons. The lowest BCUT2D eigenvalue weighted by Gasteiger charge is -2.22. The number of nitrogens with two attached hydrogens (primary N) is 1. The molecule has 1 aromatic heterocycles. The van der Waals surface area contributed by atoms with E-state index in [0.29, 0.717) is 16.9 Å². The van der Waals surface area contributed by atoms with Crippen LogP contribution in [0.1, 0.15) is 41.2 Å². The van der Waals surface area contributed by atoms with E-state index in [2.05, 4.69) is 0 Å². The molecular weight excluding hydrogens is 428 g/mol. The number of ketones is 1. The normalized spacial score (nSPS) is 11.9. The minimum absolute atomic E-state index is 0.00737. The highest BCUT2D eigenvalue weighted by atomic mass is 32.2. The monoisotopic (exact) mass is 454 g/mol.